The van der Waals surface area contributed by atoms with Crippen molar-refractivity contribution in [1.82, 2.24) is 0 Å². The molecule has 2 fully saturated rings. The van der Waals surface area contributed by atoms with Gasteiger partial charge >= 0.3 is 0 Å². The predicted molar refractivity (Wildman–Crippen MR) is 74.5 cm³/mol. The molecule has 4 rings (SSSR count). The average molecular weight is 234 g/mol. The molecule has 0 amide bonds. The summed E-state index contributed by atoms with van der Waals surface area (Å²) >= 11 is 0. The fraction of sp³-hybridized carbons (Fsp3) is 0.333. The van der Waals surface area contributed by atoms with Crippen LogP contribution in [0.15, 0.2) is 60.7 Å². The Hall–Kier alpha value is -1.56. The Morgan fingerprint density at radius 1 is 0.667 bits per heavy atom. The summed E-state index contributed by atoms with van der Waals surface area (Å²) in [7, 11) is 0. The molecule has 0 heteroatoms. The van der Waals surface area contributed by atoms with Crippen LogP contribution in [0.25, 0.3) is 0 Å². The van der Waals surface area contributed by atoms with Gasteiger partial charge < -0.3 is 0 Å². The van der Waals surface area contributed by atoms with Gasteiger partial charge in [-0.3, -0.25) is 0 Å². The van der Waals surface area contributed by atoms with Gasteiger partial charge in [0, 0.05) is 5.41 Å². The molecule has 0 N–H and O–H groups in total. The maximum absolute atomic E-state index is 2.45. The molecule has 18 heavy (non-hydrogen) atoms. The molecule has 0 spiro atoms. The minimum absolute atomic E-state index is 0.266. The second-order valence-electron chi connectivity index (χ2n) is 6.32. The van der Waals surface area contributed by atoms with Gasteiger partial charge in [-0.05, 0) is 28.4 Å². The van der Waals surface area contributed by atoms with E-state index in [9.17, 15) is 0 Å². The predicted octanol–water partition coefficient (Wildman–Crippen LogP) is 4.40. The Kier molecular flexibility index (Phi) is 1.66. The van der Waals surface area contributed by atoms with Crippen molar-refractivity contribution in [3.05, 3.63) is 71.8 Å². The van der Waals surface area contributed by atoms with E-state index < -0.39 is 0 Å². The third kappa shape index (κ3) is 0.849. The molecule has 0 nitrogen and oxygen atoms in total. The van der Waals surface area contributed by atoms with Crippen molar-refractivity contribution in [2.75, 3.05) is 0 Å². The SMILES string of the molecule is CC12CC1(C)C2(c1ccccc1)c1ccccc1. The van der Waals surface area contributed by atoms with Crippen molar-refractivity contribution in [2.45, 2.75) is 25.7 Å². The van der Waals surface area contributed by atoms with E-state index in [0.29, 0.717) is 10.8 Å². The van der Waals surface area contributed by atoms with Crippen LogP contribution in [-0.2, 0) is 5.41 Å². The van der Waals surface area contributed by atoms with E-state index in [1.165, 1.54) is 17.5 Å². The van der Waals surface area contributed by atoms with E-state index in [-0.39, 0.29) is 5.41 Å². The van der Waals surface area contributed by atoms with Gasteiger partial charge in [-0.2, -0.15) is 0 Å². The van der Waals surface area contributed by atoms with Crippen LogP contribution in [0.4, 0.5) is 0 Å². The van der Waals surface area contributed by atoms with Gasteiger partial charge in [0.05, 0.1) is 0 Å². The summed E-state index contributed by atoms with van der Waals surface area (Å²) in [4.78, 5) is 0. The average Bonchev–Trinajstić information content (AvgIpc) is 3.12. The molecule has 0 heterocycles. The minimum Gasteiger partial charge on any atom is -0.0622 e. The number of rotatable bonds is 2. The fourth-order valence-electron chi connectivity index (χ4n) is 4.71. The third-order valence-electron chi connectivity index (χ3n) is 5.81. The first-order valence-corrected chi connectivity index (χ1v) is 6.78. The van der Waals surface area contributed by atoms with Crippen molar-refractivity contribution in [3.63, 3.8) is 0 Å². The molecule has 0 aliphatic heterocycles. The van der Waals surface area contributed by atoms with Crippen molar-refractivity contribution in [2.24, 2.45) is 10.8 Å². The molecular formula is C18H18. The zero-order valence-corrected chi connectivity index (χ0v) is 11.0. The largest absolute Gasteiger partial charge is 0.0622 e. The van der Waals surface area contributed by atoms with Crippen molar-refractivity contribution in [3.8, 4) is 0 Å². The zero-order valence-electron chi connectivity index (χ0n) is 11.0. The zero-order chi connectivity index (χ0) is 12.4. The number of hydrogen-bond donors (Lipinski definition) is 0. The summed E-state index contributed by atoms with van der Waals surface area (Å²) in [5.74, 6) is 0. The quantitative estimate of drug-likeness (QED) is 0.722. The number of benzene rings is 2. The standard InChI is InChI=1S/C18H18/c1-16-13-17(16,2)18(16,14-9-5-3-6-10-14)15-11-7-4-8-12-15/h3-12H,13H2,1-2H3. The maximum Gasteiger partial charge on any atom is 0.0321 e. The Morgan fingerprint density at radius 3 is 1.33 bits per heavy atom. The van der Waals surface area contributed by atoms with Crippen LogP contribution in [0.2, 0.25) is 0 Å². The highest BCUT2D eigenvalue weighted by molar-refractivity contribution is 5.63. The lowest BCUT2D eigenvalue weighted by Gasteiger charge is -2.30. The van der Waals surface area contributed by atoms with Gasteiger partial charge in [0.25, 0.3) is 0 Å². The van der Waals surface area contributed by atoms with Gasteiger partial charge in [-0.1, -0.05) is 74.5 Å². The highest BCUT2D eigenvalue weighted by Crippen LogP contribution is 2.98. The second-order valence-corrected chi connectivity index (χ2v) is 6.32. The lowest BCUT2D eigenvalue weighted by atomic mass is 9.73. The van der Waals surface area contributed by atoms with Crippen LogP contribution in [-0.4, -0.2) is 0 Å². The van der Waals surface area contributed by atoms with E-state index in [2.05, 4.69) is 74.5 Å². The topological polar surface area (TPSA) is 0 Å². The lowest BCUT2D eigenvalue weighted by Crippen LogP contribution is -2.25. The normalized spacial score (nSPS) is 34.8. The molecular weight excluding hydrogens is 216 g/mol. The smallest absolute Gasteiger partial charge is 0.0321 e. The molecule has 0 radical (unpaired) electrons. The first-order valence-electron chi connectivity index (χ1n) is 6.78. The van der Waals surface area contributed by atoms with Crippen LogP contribution in [0.3, 0.4) is 0 Å². The van der Waals surface area contributed by atoms with Crippen LogP contribution >= 0.6 is 0 Å². The van der Waals surface area contributed by atoms with E-state index in [4.69, 9.17) is 0 Å². The number of hydrogen-bond acceptors (Lipinski definition) is 0. The van der Waals surface area contributed by atoms with Gasteiger partial charge in [0.2, 0.25) is 0 Å². The maximum atomic E-state index is 2.45. The van der Waals surface area contributed by atoms with Crippen molar-refractivity contribution < 1.29 is 0 Å². The minimum atomic E-state index is 0.266. The first kappa shape index (κ1) is 10.4. The first-order chi connectivity index (χ1) is 8.67. The molecule has 2 aliphatic carbocycles. The summed E-state index contributed by atoms with van der Waals surface area (Å²) in [6.07, 6.45) is 1.36. The fourth-order valence-corrected chi connectivity index (χ4v) is 4.71. The molecule has 2 unspecified atom stereocenters. The number of fused-ring (bicyclic) bond motifs is 1. The van der Waals surface area contributed by atoms with E-state index >= 15 is 0 Å². The summed E-state index contributed by atoms with van der Waals surface area (Å²) in [6, 6.07) is 22.1. The van der Waals surface area contributed by atoms with Crippen LogP contribution in [0.1, 0.15) is 31.4 Å². The van der Waals surface area contributed by atoms with Crippen LogP contribution in [0.5, 0.6) is 0 Å². The Balaban J connectivity index is 1.94. The third-order valence-corrected chi connectivity index (χ3v) is 5.81. The Labute approximate surface area is 109 Å². The summed E-state index contributed by atoms with van der Waals surface area (Å²) in [5.41, 5.74) is 4.20. The molecule has 2 aromatic rings. The molecule has 2 aromatic carbocycles. The highest BCUT2D eigenvalue weighted by atomic mass is 15.0. The highest BCUT2D eigenvalue weighted by Gasteiger charge is 2.95. The summed E-state index contributed by atoms with van der Waals surface area (Å²) in [5, 5.41) is 0. The molecule has 90 valence electrons. The van der Waals surface area contributed by atoms with Crippen LogP contribution < -0.4 is 0 Å². The Bertz CT molecular complexity index is 543. The molecule has 0 bridgehead atoms. The van der Waals surface area contributed by atoms with Gasteiger partial charge in [-0.15, -0.1) is 0 Å². The molecule has 0 aromatic heterocycles. The summed E-state index contributed by atoms with van der Waals surface area (Å²) < 4.78 is 0. The Morgan fingerprint density at radius 2 is 1.06 bits per heavy atom. The molecule has 2 saturated carbocycles. The molecule has 2 aliphatic rings. The van der Waals surface area contributed by atoms with Crippen LogP contribution in [0, 0.1) is 10.8 Å². The van der Waals surface area contributed by atoms with Crippen molar-refractivity contribution in [1.29, 1.82) is 0 Å². The van der Waals surface area contributed by atoms with Crippen molar-refractivity contribution >= 4 is 0 Å². The van der Waals surface area contributed by atoms with E-state index in [0.717, 1.165) is 0 Å². The summed E-state index contributed by atoms with van der Waals surface area (Å²) in [6.45, 7) is 4.90. The van der Waals surface area contributed by atoms with Gasteiger partial charge in [0.15, 0.2) is 0 Å². The molecule has 0 saturated heterocycles. The lowest BCUT2D eigenvalue weighted by molar-refractivity contribution is 0.461. The van der Waals surface area contributed by atoms with E-state index in [1.807, 2.05) is 0 Å². The monoisotopic (exact) mass is 234 g/mol. The molecule has 2 atom stereocenters. The van der Waals surface area contributed by atoms with Gasteiger partial charge in [-0.25, -0.2) is 0 Å². The van der Waals surface area contributed by atoms with Gasteiger partial charge in [0.1, 0.15) is 0 Å². The second kappa shape index (κ2) is 2.88. The van der Waals surface area contributed by atoms with E-state index in [1.54, 1.807) is 0 Å².